The number of hydrogen-bond acceptors (Lipinski definition) is 8. The summed E-state index contributed by atoms with van der Waals surface area (Å²) in [6, 6.07) is 5.03. The lowest BCUT2D eigenvalue weighted by atomic mass is 10.1. The first-order chi connectivity index (χ1) is 13.0. The standard InChI is InChI=1S/C18H25N3O6S/c1-11(17(22)20-18(2,3)4)28(23,24)10-15-19-16(21-27-15)12-7-8-13(25-5)14(9-12)26-6/h7-9,11H,10H2,1-6H3,(H,20,22). The van der Waals surface area contributed by atoms with E-state index < -0.39 is 32.3 Å². The summed E-state index contributed by atoms with van der Waals surface area (Å²) in [4.78, 5) is 16.3. The van der Waals surface area contributed by atoms with Crippen molar-refractivity contribution in [3.05, 3.63) is 24.1 Å². The molecule has 0 radical (unpaired) electrons. The number of aromatic nitrogens is 2. The Labute approximate surface area is 164 Å². The Morgan fingerprint density at radius 1 is 1.21 bits per heavy atom. The Balaban J connectivity index is 2.19. The lowest BCUT2D eigenvalue weighted by molar-refractivity contribution is -0.121. The number of carbonyl (C=O) groups is 1. The molecule has 0 saturated carbocycles. The average Bonchev–Trinajstić information content (AvgIpc) is 3.06. The fourth-order valence-electron chi connectivity index (χ4n) is 2.34. The van der Waals surface area contributed by atoms with E-state index in [2.05, 4.69) is 15.5 Å². The molecule has 10 heteroatoms. The Kier molecular flexibility index (Phi) is 6.33. The van der Waals surface area contributed by atoms with E-state index in [9.17, 15) is 13.2 Å². The Morgan fingerprint density at radius 2 is 1.86 bits per heavy atom. The van der Waals surface area contributed by atoms with Gasteiger partial charge in [-0.2, -0.15) is 4.98 Å². The SMILES string of the molecule is COc1ccc(-c2noc(CS(=O)(=O)C(C)C(=O)NC(C)(C)C)n2)cc1OC. The van der Waals surface area contributed by atoms with Gasteiger partial charge in [-0.05, 0) is 45.9 Å². The maximum absolute atomic E-state index is 12.5. The van der Waals surface area contributed by atoms with Crippen molar-refractivity contribution in [3.8, 4) is 22.9 Å². The van der Waals surface area contributed by atoms with Gasteiger partial charge in [-0.25, -0.2) is 8.42 Å². The van der Waals surface area contributed by atoms with Gasteiger partial charge in [0.25, 0.3) is 0 Å². The zero-order valence-corrected chi connectivity index (χ0v) is 17.6. The third kappa shape index (κ3) is 5.22. The molecule has 1 aromatic heterocycles. The third-order valence-electron chi connectivity index (χ3n) is 3.84. The van der Waals surface area contributed by atoms with Crippen LogP contribution in [-0.4, -0.2) is 49.5 Å². The molecule has 0 aliphatic heterocycles. The molecule has 1 N–H and O–H groups in total. The minimum atomic E-state index is -3.83. The maximum atomic E-state index is 12.5. The number of amides is 1. The highest BCUT2D eigenvalue weighted by molar-refractivity contribution is 7.92. The number of benzene rings is 1. The number of rotatable bonds is 7. The molecule has 0 aliphatic carbocycles. The molecule has 2 aromatic rings. The number of hydrogen-bond donors (Lipinski definition) is 1. The highest BCUT2D eigenvalue weighted by Crippen LogP contribution is 2.31. The number of sulfone groups is 1. The van der Waals surface area contributed by atoms with Gasteiger partial charge in [0.05, 0.1) is 14.2 Å². The number of nitrogens with one attached hydrogen (secondary N) is 1. The van der Waals surface area contributed by atoms with Crippen LogP contribution in [0.15, 0.2) is 22.7 Å². The molecule has 154 valence electrons. The van der Waals surface area contributed by atoms with Crippen molar-refractivity contribution in [1.82, 2.24) is 15.5 Å². The smallest absolute Gasteiger partial charge is 0.242 e. The Hall–Kier alpha value is -2.62. The van der Waals surface area contributed by atoms with Crippen LogP contribution in [0.25, 0.3) is 11.4 Å². The summed E-state index contributed by atoms with van der Waals surface area (Å²) in [5.41, 5.74) is 0.0370. The fraction of sp³-hybridized carbons (Fsp3) is 0.500. The maximum Gasteiger partial charge on any atom is 0.242 e. The first-order valence-corrected chi connectivity index (χ1v) is 10.3. The molecular formula is C18H25N3O6S. The van der Waals surface area contributed by atoms with Gasteiger partial charge in [-0.3, -0.25) is 4.79 Å². The van der Waals surface area contributed by atoms with Crippen LogP contribution >= 0.6 is 0 Å². The predicted octanol–water partition coefficient (Wildman–Crippen LogP) is 1.97. The summed E-state index contributed by atoms with van der Waals surface area (Å²) in [5, 5.41) is 5.23. The molecule has 28 heavy (non-hydrogen) atoms. The van der Waals surface area contributed by atoms with Gasteiger partial charge in [0.1, 0.15) is 11.0 Å². The minimum Gasteiger partial charge on any atom is -0.493 e. The molecule has 0 bridgehead atoms. The van der Waals surface area contributed by atoms with Gasteiger partial charge in [0, 0.05) is 11.1 Å². The monoisotopic (exact) mass is 411 g/mol. The zero-order valence-electron chi connectivity index (χ0n) is 16.8. The Morgan fingerprint density at radius 3 is 2.43 bits per heavy atom. The van der Waals surface area contributed by atoms with Crippen LogP contribution in [-0.2, 0) is 20.4 Å². The zero-order chi connectivity index (χ0) is 21.1. The molecule has 0 saturated heterocycles. The first-order valence-electron chi connectivity index (χ1n) is 8.55. The van der Waals surface area contributed by atoms with E-state index in [4.69, 9.17) is 14.0 Å². The first kappa shape index (κ1) is 21.7. The number of methoxy groups -OCH3 is 2. The van der Waals surface area contributed by atoms with Gasteiger partial charge in [-0.15, -0.1) is 0 Å². The van der Waals surface area contributed by atoms with E-state index in [-0.39, 0.29) is 11.7 Å². The summed E-state index contributed by atoms with van der Waals surface area (Å²) in [5.74, 6) is 0.0133. The molecule has 1 heterocycles. The van der Waals surface area contributed by atoms with Crippen molar-refractivity contribution in [1.29, 1.82) is 0 Å². The quantitative estimate of drug-likeness (QED) is 0.734. The Bertz CT molecular complexity index is 946. The van der Waals surface area contributed by atoms with Crippen molar-refractivity contribution >= 4 is 15.7 Å². The van der Waals surface area contributed by atoms with Gasteiger partial charge >= 0.3 is 0 Å². The summed E-state index contributed by atoms with van der Waals surface area (Å²) in [7, 11) is -0.811. The van der Waals surface area contributed by atoms with Crippen LogP contribution < -0.4 is 14.8 Å². The molecule has 1 aromatic carbocycles. The van der Waals surface area contributed by atoms with E-state index in [1.807, 2.05) is 0 Å². The molecule has 0 spiro atoms. The van der Waals surface area contributed by atoms with Gasteiger partial charge in [-0.1, -0.05) is 5.16 Å². The summed E-state index contributed by atoms with van der Waals surface area (Å²) >= 11 is 0. The molecule has 1 atom stereocenters. The van der Waals surface area contributed by atoms with Crippen LogP contribution in [0.3, 0.4) is 0 Å². The highest BCUT2D eigenvalue weighted by atomic mass is 32.2. The second-order valence-corrected chi connectivity index (χ2v) is 9.59. The fourth-order valence-corrected chi connectivity index (χ4v) is 3.43. The molecule has 9 nitrogen and oxygen atoms in total. The van der Waals surface area contributed by atoms with Crippen LogP contribution in [0.1, 0.15) is 33.6 Å². The number of carbonyl (C=O) groups excluding carboxylic acids is 1. The van der Waals surface area contributed by atoms with Crippen molar-refractivity contribution in [2.75, 3.05) is 14.2 Å². The van der Waals surface area contributed by atoms with Crippen LogP contribution in [0.5, 0.6) is 11.5 Å². The number of nitrogens with zero attached hydrogens (tertiary/aromatic N) is 2. The van der Waals surface area contributed by atoms with E-state index in [0.29, 0.717) is 17.1 Å². The summed E-state index contributed by atoms with van der Waals surface area (Å²) in [6.07, 6.45) is 0. The lowest BCUT2D eigenvalue weighted by Gasteiger charge is -2.22. The van der Waals surface area contributed by atoms with E-state index >= 15 is 0 Å². The second kappa shape index (κ2) is 8.17. The minimum absolute atomic E-state index is 0.0970. The third-order valence-corrected chi connectivity index (χ3v) is 5.78. The van der Waals surface area contributed by atoms with Gasteiger partial charge in [0.2, 0.25) is 17.6 Å². The van der Waals surface area contributed by atoms with Crippen molar-refractivity contribution < 1.29 is 27.2 Å². The molecule has 1 unspecified atom stereocenters. The van der Waals surface area contributed by atoms with Gasteiger partial charge in [0.15, 0.2) is 21.3 Å². The lowest BCUT2D eigenvalue weighted by Crippen LogP contribution is -2.47. The topological polar surface area (TPSA) is 121 Å². The molecule has 1 amide bonds. The largest absolute Gasteiger partial charge is 0.493 e. The van der Waals surface area contributed by atoms with Crippen LogP contribution in [0, 0.1) is 0 Å². The summed E-state index contributed by atoms with van der Waals surface area (Å²) < 4.78 is 40.5. The molecular weight excluding hydrogens is 386 g/mol. The van der Waals surface area contributed by atoms with Gasteiger partial charge < -0.3 is 19.3 Å². The second-order valence-electron chi connectivity index (χ2n) is 7.27. The molecule has 0 aliphatic rings. The normalized spacial score (nSPS) is 13.1. The van der Waals surface area contributed by atoms with Crippen LogP contribution in [0.2, 0.25) is 0 Å². The highest BCUT2D eigenvalue weighted by Gasteiger charge is 2.32. The van der Waals surface area contributed by atoms with Crippen molar-refractivity contribution in [2.45, 2.75) is 44.2 Å². The predicted molar refractivity (Wildman–Crippen MR) is 103 cm³/mol. The molecule has 2 rings (SSSR count). The van der Waals surface area contributed by atoms with Crippen molar-refractivity contribution in [3.63, 3.8) is 0 Å². The van der Waals surface area contributed by atoms with E-state index in [1.165, 1.54) is 21.1 Å². The average molecular weight is 411 g/mol. The molecule has 0 fully saturated rings. The van der Waals surface area contributed by atoms with E-state index in [1.54, 1.807) is 39.0 Å². The van der Waals surface area contributed by atoms with E-state index in [0.717, 1.165) is 0 Å². The summed E-state index contributed by atoms with van der Waals surface area (Å²) in [6.45, 7) is 6.66. The van der Waals surface area contributed by atoms with Crippen LogP contribution in [0.4, 0.5) is 0 Å². The van der Waals surface area contributed by atoms with Crippen molar-refractivity contribution in [2.24, 2.45) is 0 Å². The number of ether oxygens (including phenoxy) is 2.